The number of rotatable bonds is 0. The van der Waals surface area contributed by atoms with E-state index < -0.39 is 0 Å². The van der Waals surface area contributed by atoms with Gasteiger partial charge in [-0.25, -0.2) is 0 Å². The van der Waals surface area contributed by atoms with Crippen molar-refractivity contribution < 1.29 is 31.3 Å². The first-order valence-electron chi connectivity index (χ1n) is 4.77. The molecule has 4 heterocycles. The predicted molar refractivity (Wildman–Crippen MR) is 43.6 cm³/mol. The summed E-state index contributed by atoms with van der Waals surface area (Å²) in [4.78, 5) is 0. The molecular weight excluding hydrogens is 234 g/mol. The summed E-state index contributed by atoms with van der Waals surface area (Å²) in [6.45, 7) is 0. The van der Waals surface area contributed by atoms with Crippen molar-refractivity contribution in [1.29, 1.82) is 0 Å². The van der Waals surface area contributed by atoms with Gasteiger partial charge in [0, 0.05) is 12.8 Å². The molecule has 0 unspecified atom stereocenters. The molecule has 4 aliphatic rings. The van der Waals surface area contributed by atoms with Crippen molar-refractivity contribution in [3.8, 4) is 0 Å². The van der Waals surface area contributed by atoms with Gasteiger partial charge in [-0.05, 0) is 0 Å². The van der Waals surface area contributed by atoms with Crippen LogP contribution in [0, 0.1) is 0 Å². The van der Waals surface area contributed by atoms with Crippen molar-refractivity contribution in [2.45, 2.75) is 43.2 Å². The SMILES string of the molecule is C[N+]1(C)[C@@H]2C[C@H]3C[C@H]1[C@H](O3)[C@H]2O.[Br-]. The van der Waals surface area contributed by atoms with E-state index in [0.717, 1.165) is 17.3 Å². The van der Waals surface area contributed by atoms with Crippen LogP contribution in [-0.4, -0.2) is 54.1 Å². The first-order chi connectivity index (χ1) is 5.60. The first kappa shape index (κ1) is 9.90. The fourth-order valence-electron chi connectivity index (χ4n) is 3.42. The summed E-state index contributed by atoms with van der Waals surface area (Å²) >= 11 is 0. The van der Waals surface area contributed by atoms with Crippen molar-refractivity contribution in [2.75, 3.05) is 14.1 Å². The molecule has 0 saturated carbocycles. The molecule has 0 aliphatic carbocycles. The Morgan fingerprint density at radius 2 is 1.85 bits per heavy atom. The number of hydrogen-bond acceptors (Lipinski definition) is 2. The molecule has 0 spiro atoms. The molecule has 4 heteroatoms. The van der Waals surface area contributed by atoms with Crippen LogP contribution in [0.15, 0.2) is 0 Å². The van der Waals surface area contributed by atoms with Gasteiger partial charge in [0.1, 0.15) is 24.3 Å². The average Bonchev–Trinajstić information content (AvgIpc) is 2.39. The summed E-state index contributed by atoms with van der Waals surface area (Å²) in [6.07, 6.45) is 2.61. The molecule has 13 heavy (non-hydrogen) atoms. The first-order valence-corrected chi connectivity index (χ1v) is 4.77. The molecule has 4 fully saturated rings. The van der Waals surface area contributed by atoms with E-state index >= 15 is 0 Å². The van der Waals surface area contributed by atoms with Crippen LogP contribution in [-0.2, 0) is 4.74 Å². The number of quaternary nitrogens is 1. The van der Waals surface area contributed by atoms with E-state index in [4.69, 9.17) is 4.74 Å². The van der Waals surface area contributed by atoms with Crippen LogP contribution < -0.4 is 17.0 Å². The Morgan fingerprint density at radius 3 is 2.38 bits per heavy atom. The maximum absolute atomic E-state index is 9.90. The van der Waals surface area contributed by atoms with E-state index in [0.29, 0.717) is 18.2 Å². The van der Waals surface area contributed by atoms with Crippen molar-refractivity contribution in [3.05, 3.63) is 0 Å². The zero-order valence-corrected chi connectivity index (χ0v) is 9.57. The van der Waals surface area contributed by atoms with Gasteiger partial charge in [-0.15, -0.1) is 0 Å². The minimum atomic E-state index is -0.205. The second kappa shape index (κ2) is 2.69. The van der Waals surface area contributed by atoms with Gasteiger partial charge in [0.15, 0.2) is 0 Å². The average molecular weight is 250 g/mol. The fourth-order valence-corrected chi connectivity index (χ4v) is 3.42. The number of ether oxygens (including phenoxy) is 1. The van der Waals surface area contributed by atoms with E-state index in [1.807, 2.05) is 0 Å². The number of aliphatic hydroxyl groups is 1. The van der Waals surface area contributed by atoms with Gasteiger partial charge in [-0.2, -0.15) is 0 Å². The lowest BCUT2D eigenvalue weighted by atomic mass is 9.98. The molecule has 76 valence electrons. The molecule has 0 aromatic rings. The minimum Gasteiger partial charge on any atom is -1.00 e. The van der Waals surface area contributed by atoms with Crippen molar-refractivity contribution in [3.63, 3.8) is 0 Å². The molecule has 3 nitrogen and oxygen atoms in total. The molecule has 4 rings (SSSR count). The maximum atomic E-state index is 9.90. The number of nitrogens with zero attached hydrogens (tertiary/aromatic N) is 1. The normalized spacial score (nSPS) is 55.2. The summed E-state index contributed by atoms with van der Waals surface area (Å²) in [5.41, 5.74) is 0. The van der Waals surface area contributed by atoms with Gasteiger partial charge in [0.25, 0.3) is 0 Å². The van der Waals surface area contributed by atoms with Gasteiger partial charge >= 0.3 is 0 Å². The minimum absolute atomic E-state index is 0. The third-order valence-electron chi connectivity index (χ3n) is 4.18. The number of piperidine rings is 1. The lowest BCUT2D eigenvalue weighted by Crippen LogP contribution is -3.00. The van der Waals surface area contributed by atoms with Crippen LogP contribution in [0.5, 0.6) is 0 Å². The summed E-state index contributed by atoms with van der Waals surface area (Å²) in [6, 6.07) is 0.997. The molecule has 0 aromatic heterocycles. The van der Waals surface area contributed by atoms with Crippen molar-refractivity contribution >= 4 is 0 Å². The summed E-state index contributed by atoms with van der Waals surface area (Å²) in [7, 11) is 4.45. The highest BCUT2D eigenvalue weighted by molar-refractivity contribution is 5.04. The van der Waals surface area contributed by atoms with Gasteiger partial charge in [-0.1, -0.05) is 0 Å². The van der Waals surface area contributed by atoms with Crippen LogP contribution >= 0.6 is 0 Å². The van der Waals surface area contributed by atoms with E-state index in [-0.39, 0.29) is 29.2 Å². The number of likely N-dealkylation sites (N-methyl/N-ethyl adjacent to an activating group) is 1. The van der Waals surface area contributed by atoms with Gasteiger partial charge in [0.05, 0.1) is 20.2 Å². The smallest absolute Gasteiger partial charge is 0.141 e. The zero-order valence-electron chi connectivity index (χ0n) is 7.98. The Balaban J connectivity index is 0.000000653. The Kier molecular flexibility index (Phi) is 2.05. The van der Waals surface area contributed by atoms with Crippen molar-refractivity contribution in [1.82, 2.24) is 0 Å². The van der Waals surface area contributed by atoms with Crippen LogP contribution in [0.2, 0.25) is 0 Å². The van der Waals surface area contributed by atoms with Gasteiger partial charge < -0.3 is 31.3 Å². The lowest BCUT2D eigenvalue weighted by molar-refractivity contribution is -0.930. The van der Waals surface area contributed by atoms with E-state index in [1.54, 1.807) is 0 Å². The maximum Gasteiger partial charge on any atom is 0.141 e. The highest BCUT2D eigenvalue weighted by Crippen LogP contribution is 2.48. The highest BCUT2D eigenvalue weighted by Gasteiger charge is 2.66. The van der Waals surface area contributed by atoms with E-state index in [9.17, 15) is 5.11 Å². The third-order valence-corrected chi connectivity index (χ3v) is 4.18. The van der Waals surface area contributed by atoms with Crippen LogP contribution in [0.4, 0.5) is 0 Å². The Hall–Kier alpha value is 0.360. The summed E-state index contributed by atoms with van der Waals surface area (Å²) < 4.78 is 6.71. The van der Waals surface area contributed by atoms with Crippen LogP contribution in [0.25, 0.3) is 0 Å². The Morgan fingerprint density at radius 1 is 1.23 bits per heavy atom. The highest BCUT2D eigenvalue weighted by atomic mass is 79.9. The number of hydrogen-bond donors (Lipinski definition) is 1. The molecule has 0 radical (unpaired) electrons. The molecule has 0 aromatic carbocycles. The molecule has 5 atom stereocenters. The molecular formula is C9H16BrNO2. The number of halogens is 1. The standard InChI is InChI=1S/C9H16NO2.BrH/c1-10(2)6-3-5-4-7(10)9(12-5)8(6)11;/h5-9,11H,3-4H2,1-2H3;1H/q+1;/p-1/t5-,6+,7-,8-,9-;/m0./s1. The van der Waals surface area contributed by atoms with Gasteiger partial charge in [0.2, 0.25) is 0 Å². The molecule has 1 N–H and O–H groups in total. The van der Waals surface area contributed by atoms with Crippen LogP contribution in [0.1, 0.15) is 12.8 Å². The number of aliphatic hydroxyl groups excluding tert-OH is 1. The summed E-state index contributed by atoms with van der Waals surface area (Å²) in [5, 5.41) is 9.90. The summed E-state index contributed by atoms with van der Waals surface area (Å²) in [5.74, 6) is 0. The Labute approximate surface area is 89.0 Å². The predicted octanol–water partition coefficient (Wildman–Crippen LogP) is -3.26. The molecule has 4 bridgehead atoms. The molecule has 0 amide bonds. The Bertz CT molecular complexity index is 230. The van der Waals surface area contributed by atoms with E-state index in [1.165, 1.54) is 0 Å². The largest absolute Gasteiger partial charge is 1.00 e. The second-order valence-corrected chi connectivity index (χ2v) is 4.95. The van der Waals surface area contributed by atoms with E-state index in [2.05, 4.69) is 14.1 Å². The molecule has 4 aliphatic heterocycles. The fraction of sp³-hybridized carbons (Fsp3) is 1.00. The monoisotopic (exact) mass is 249 g/mol. The second-order valence-electron chi connectivity index (χ2n) is 4.95. The zero-order chi connectivity index (χ0) is 8.51. The lowest BCUT2D eigenvalue weighted by Gasteiger charge is -2.41. The van der Waals surface area contributed by atoms with Gasteiger partial charge in [-0.3, -0.25) is 0 Å². The molecule has 4 saturated heterocycles. The van der Waals surface area contributed by atoms with Crippen molar-refractivity contribution in [2.24, 2.45) is 0 Å². The van der Waals surface area contributed by atoms with Crippen LogP contribution in [0.3, 0.4) is 0 Å². The topological polar surface area (TPSA) is 29.5 Å². The third kappa shape index (κ3) is 1.00. The quantitative estimate of drug-likeness (QED) is 0.457.